The van der Waals surface area contributed by atoms with Gasteiger partial charge in [-0.25, -0.2) is 4.79 Å². The molecule has 9 heteroatoms. The SMILES string of the molecule is CC(C)(O)C(=O)OC[C@](C)(O)[C@H]1OC2=CC[C@@]3(C)[C@@](O)(CC[C@H]4Cc5c([nH]c6cc(Cl)ccc56)[C@@]43C)C2=CC1=O. The molecule has 4 N–H and O–H groups in total. The molecule has 1 fully saturated rings. The van der Waals surface area contributed by atoms with Gasteiger partial charge < -0.3 is 29.8 Å². The van der Waals surface area contributed by atoms with Crippen LogP contribution >= 0.6 is 11.6 Å². The fourth-order valence-corrected chi connectivity index (χ4v) is 7.94. The molecule has 1 saturated carbocycles. The molecule has 0 spiro atoms. The van der Waals surface area contributed by atoms with E-state index in [0.717, 1.165) is 29.4 Å². The maximum atomic E-state index is 13.4. The first kappa shape index (κ1) is 27.5. The van der Waals surface area contributed by atoms with E-state index in [1.807, 2.05) is 18.2 Å². The first-order valence-corrected chi connectivity index (χ1v) is 14.2. The van der Waals surface area contributed by atoms with E-state index in [1.165, 1.54) is 32.4 Å². The molecule has 2 heterocycles. The third-order valence-electron chi connectivity index (χ3n) is 10.3. The number of rotatable bonds is 4. The van der Waals surface area contributed by atoms with Gasteiger partial charge in [-0.2, -0.15) is 0 Å². The van der Waals surface area contributed by atoms with Crippen LogP contribution in [-0.4, -0.2) is 61.6 Å². The van der Waals surface area contributed by atoms with E-state index in [2.05, 4.69) is 24.9 Å². The highest BCUT2D eigenvalue weighted by Gasteiger charge is 2.69. The van der Waals surface area contributed by atoms with Gasteiger partial charge in [0.1, 0.15) is 18.0 Å². The molecule has 0 saturated heterocycles. The summed E-state index contributed by atoms with van der Waals surface area (Å²) >= 11 is 6.29. The Bertz CT molecular complexity index is 1510. The van der Waals surface area contributed by atoms with Crippen LogP contribution in [0.3, 0.4) is 0 Å². The highest BCUT2D eigenvalue weighted by Crippen LogP contribution is 2.69. The van der Waals surface area contributed by atoms with E-state index < -0.39 is 52.1 Å². The van der Waals surface area contributed by atoms with Gasteiger partial charge in [0.05, 0.1) is 5.60 Å². The van der Waals surface area contributed by atoms with Crippen molar-refractivity contribution in [3.63, 3.8) is 0 Å². The lowest BCUT2D eigenvalue weighted by Gasteiger charge is -2.62. The van der Waals surface area contributed by atoms with Crippen LogP contribution in [0.15, 0.2) is 41.7 Å². The van der Waals surface area contributed by atoms with Crippen molar-refractivity contribution in [1.82, 2.24) is 4.98 Å². The number of esters is 1. The molecule has 6 rings (SSSR count). The number of carbonyl (C=O) groups is 2. The molecule has 2 aromatic rings. The zero-order valence-corrected chi connectivity index (χ0v) is 24.2. The van der Waals surface area contributed by atoms with Gasteiger partial charge in [-0.1, -0.05) is 31.5 Å². The lowest BCUT2D eigenvalue weighted by atomic mass is 9.44. The highest BCUT2D eigenvalue weighted by atomic mass is 35.5. The average molecular weight is 570 g/mol. The molecule has 0 unspecified atom stereocenters. The van der Waals surface area contributed by atoms with E-state index >= 15 is 0 Å². The maximum absolute atomic E-state index is 13.4. The molecule has 0 radical (unpaired) electrons. The van der Waals surface area contributed by atoms with Gasteiger partial charge in [0.15, 0.2) is 17.5 Å². The molecular weight excluding hydrogens is 534 g/mol. The molecule has 4 aliphatic rings. The number of ether oxygens (including phenoxy) is 2. The van der Waals surface area contributed by atoms with Crippen LogP contribution in [0, 0.1) is 11.3 Å². The van der Waals surface area contributed by atoms with Gasteiger partial charge in [0.2, 0.25) is 0 Å². The number of ketones is 1. The molecule has 3 aliphatic carbocycles. The number of aliphatic hydroxyl groups is 3. The first-order valence-electron chi connectivity index (χ1n) is 13.8. The van der Waals surface area contributed by atoms with E-state index in [-0.39, 0.29) is 0 Å². The Morgan fingerprint density at radius 1 is 1.25 bits per heavy atom. The van der Waals surface area contributed by atoms with Crippen LogP contribution in [-0.2, 0) is 30.9 Å². The number of nitrogens with one attached hydrogen (secondary N) is 1. The third kappa shape index (κ3) is 3.55. The molecule has 214 valence electrons. The zero-order valence-electron chi connectivity index (χ0n) is 23.4. The van der Waals surface area contributed by atoms with Gasteiger partial charge in [-0.05, 0) is 82.2 Å². The summed E-state index contributed by atoms with van der Waals surface area (Å²) < 4.78 is 11.2. The average Bonchev–Trinajstić information content (AvgIpc) is 3.37. The number of carbonyl (C=O) groups excluding carboxylic acids is 2. The van der Waals surface area contributed by atoms with Crippen molar-refractivity contribution in [3.8, 4) is 0 Å². The molecule has 6 atom stereocenters. The summed E-state index contributed by atoms with van der Waals surface area (Å²) in [6.45, 7) is 7.68. The number of H-pyrrole nitrogens is 1. The molecule has 8 nitrogen and oxygen atoms in total. The van der Waals surface area contributed by atoms with Gasteiger partial charge >= 0.3 is 5.97 Å². The second-order valence-corrected chi connectivity index (χ2v) is 13.7. The first-order chi connectivity index (χ1) is 18.5. The third-order valence-corrected chi connectivity index (χ3v) is 10.6. The van der Waals surface area contributed by atoms with E-state index in [9.17, 15) is 24.9 Å². The van der Waals surface area contributed by atoms with Crippen molar-refractivity contribution in [3.05, 3.63) is 58.0 Å². The van der Waals surface area contributed by atoms with E-state index in [1.54, 1.807) is 0 Å². The molecule has 1 aliphatic heterocycles. The van der Waals surface area contributed by atoms with E-state index in [0.29, 0.717) is 35.1 Å². The number of hydrogen-bond acceptors (Lipinski definition) is 7. The van der Waals surface area contributed by atoms with Gasteiger partial charge in [-0.15, -0.1) is 0 Å². The largest absolute Gasteiger partial charge is 0.479 e. The Balaban J connectivity index is 1.36. The van der Waals surface area contributed by atoms with Crippen molar-refractivity contribution in [2.24, 2.45) is 11.3 Å². The number of halogens is 1. The van der Waals surface area contributed by atoms with Crippen LogP contribution in [0.1, 0.15) is 65.1 Å². The Hall–Kier alpha value is -2.65. The van der Waals surface area contributed by atoms with Crippen molar-refractivity contribution < 1.29 is 34.4 Å². The minimum atomic E-state index is -1.86. The molecule has 0 amide bonds. The topological polar surface area (TPSA) is 129 Å². The van der Waals surface area contributed by atoms with Crippen LogP contribution in [0.2, 0.25) is 5.02 Å². The number of allylic oxidation sites excluding steroid dienone is 1. The summed E-state index contributed by atoms with van der Waals surface area (Å²) in [4.78, 5) is 29.1. The van der Waals surface area contributed by atoms with Crippen LogP contribution in [0.4, 0.5) is 0 Å². The smallest absolute Gasteiger partial charge is 0.337 e. The Labute approximate surface area is 238 Å². The standard InChI is InChI=1S/C31H36ClNO7/c1-27(2,36)26(35)39-15-28(3,37)25-22(34)14-20-23(40-25)9-10-29(4)30(5)16(8-11-31(20,29)38)12-19-18-7-6-17(32)13-21(18)33-24(19)30/h6-7,9,13-14,16,25,33,36-38H,8,10-12,15H2,1-5H3/t16-,25-,28-,29+,30+,31+/m0/s1. The normalized spacial score (nSPS) is 34.5. The van der Waals surface area contributed by atoms with Gasteiger partial charge in [-0.3, -0.25) is 4.79 Å². The minimum Gasteiger partial charge on any atom is -0.479 e. The number of aromatic nitrogens is 1. The number of benzene rings is 1. The summed E-state index contributed by atoms with van der Waals surface area (Å²) in [6.07, 6.45) is 4.61. The van der Waals surface area contributed by atoms with E-state index in [4.69, 9.17) is 21.1 Å². The molecule has 1 aromatic heterocycles. The molecule has 1 aromatic carbocycles. The fourth-order valence-electron chi connectivity index (χ4n) is 7.77. The fraction of sp³-hybridized carbons (Fsp3) is 0.548. The molecule has 0 bridgehead atoms. The summed E-state index contributed by atoms with van der Waals surface area (Å²) in [6, 6.07) is 5.90. The Morgan fingerprint density at radius 3 is 2.67 bits per heavy atom. The summed E-state index contributed by atoms with van der Waals surface area (Å²) in [5, 5.41) is 35.3. The highest BCUT2D eigenvalue weighted by molar-refractivity contribution is 6.31. The lowest BCUT2D eigenvalue weighted by molar-refractivity contribution is -0.180. The quantitative estimate of drug-likeness (QED) is 0.409. The van der Waals surface area contributed by atoms with Gasteiger partial charge in [0, 0.05) is 38.0 Å². The Morgan fingerprint density at radius 2 is 1.98 bits per heavy atom. The molecule has 40 heavy (non-hydrogen) atoms. The Kier molecular flexibility index (Phi) is 5.81. The van der Waals surface area contributed by atoms with Crippen LogP contribution < -0.4 is 0 Å². The lowest BCUT2D eigenvalue weighted by Crippen LogP contribution is -2.65. The predicted octanol–water partition coefficient (Wildman–Crippen LogP) is 4.03. The maximum Gasteiger partial charge on any atom is 0.337 e. The second kappa shape index (κ2) is 8.44. The minimum absolute atomic E-state index is 0.314. The van der Waals surface area contributed by atoms with Gasteiger partial charge in [0.25, 0.3) is 0 Å². The predicted molar refractivity (Wildman–Crippen MR) is 149 cm³/mol. The second-order valence-electron chi connectivity index (χ2n) is 13.2. The van der Waals surface area contributed by atoms with Crippen molar-refractivity contribution in [1.29, 1.82) is 0 Å². The van der Waals surface area contributed by atoms with Crippen LogP contribution in [0.5, 0.6) is 0 Å². The zero-order chi connectivity index (χ0) is 29.0. The summed E-state index contributed by atoms with van der Waals surface area (Å²) in [5.74, 6) is -0.764. The van der Waals surface area contributed by atoms with Crippen molar-refractivity contribution >= 4 is 34.3 Å². The van der Waals surface area contributed by atoms with Crippen molar-refractivity contribution in [2.75, 3.05) is 6.61 Å². The summed E-state index contributed by atoms with van der Waals surface area (Å²) in [7, 11) is 0. The number of aromatic amines is 1. The molecular formula is C31H36ClNO7. The van der Waals surface area contributed by atoms with Crippen LogP contribution in [0.25, 0.3) is 10.9 Å². The summed E-state index contributed by atoms with van der Waals surface area (Å²) in [5.41, 5.74) is -2.24. The number of hydrogen-bond donors (Lipinski definition) is 4. The monoisotopic (exact) mass is 569 g/mol. The van der Waals surface area contributed by atoms with Crippen molar-refractivity contribution in [2.45, 2.75) is 88.6 Å². The number of fused-ring (bicyclic) bond motifs is 9.